The van der Waals surface area contributed by atoms with Crippen LogP contribution in [0.4, 0.5) is 0 Å². The molecule has 1 saturated heterocycles. The molecule has 0 spiro atoms. The van der Waals surface area contributed by atoms with Gasteiger partial charge in [0.25, 0.3) is 5.56 Å². The molecule has 0 saturated carbocycles. The maximum atomic E-state index is 13.6. The van der Waals surface area contributed by atoms with Crippen molar-refractivity contribution in [1.29, 1.82) is 0 Å². The van der Waals surface area contributed by atoms with Gasteiger partial charge in [0.2, 0.25) is 5.91 Å². The van der Waals surface area contributed by atoms with Crippen molar-refractivity contribution in [3.8, 4) is 0 Å². The lowest BCUT2D eigenvalue weighted by atomic mass is 10.1. The molecule has 0 aliphatic carbocycles. The Kier molecular flexibility index (Phi) is 6.97. The van der Waals surface area contributed by atoms with E-state index in [0.717, 1.165) is 43.8 Å². The molecule has 1 amide bonds. The van der Waals surface area contributed by atoms with Crippen molar-refractivity contribution >= 4 is 16.7 Å². The average molecular weight is 435 g/mol. The van der Waals surface area contributed by atoms with E-state index in [2.05, 4.69) is 16.9 Å². The number of aryl methyl sites for hydroxylation is 1. The van der Waals surface area contributed by atoms with E-state index < -0.39 is 0 Å². The summed E-state index contributed by atoms with van der Waals surface area (Å²) >= 11 is 0. The van der Waals surface area contributed by atoms with Crippen molar-refractivity contribution < 1.29 is 9.53 Å². The Bertz CT molecular complexity index is 1120. The summed E-state index contributed by atoms with van der Waals surface area (Å²) in [5, 5.41) is 5.76. The number of benzene rings is 2. The van der Waals surface area contributed by atoms with Crippen molar-refractivity contribution in [2.24, 2.45) is 7.05 Å². The van der Waals surface area contributed by atoms with Crippen LogP contribution >= 0.6 is 0 Å². The van der Waals surface area contributed by atoms with Gasteiger partial charge >= 0.3 is 0 Å². The van der Waals surface area contributed by atoms with Gasteiger partial charge in [-0.2, -0.15) is 5.10 Å². The van der Waals surface area contributed by atoms with Crippen molar-refractivity contribution in [2.75, 3.05) is 32.8 Å². The van der Waals surface area contributed by atoms with Crippen molar-refractivity contribution in [2.45, 2.75) is 25.9 Å². The first-order chi connectivity index (χ1) is 15.5. The van der Waals surface area contributed by atoms with Crippen LogP contribution in [0.5, 0.6) is 0 Å². The molecule has 1 atom stereocenters. The topological polar surface area (TPSA) is 67.7 Å². The van der Waals surface area contributed by atoms with Gasteiger partial charge in [0.1, 0.15) is 0 Å². The van der Waals surface area contributed by atoms with Crippen LogP contribution in [0.1, 0.15) is 18.2 Å². The number of ether oxygens (including phenoxy) is 1. The Balaban J connectivity index is 1.60. The number of morpholine rings is 1. The average Bonchev–Trinajstić information content (AvgIpc) is 2.82. The number of rotatable bonds is 7. The highest BCUT2D eigenvalue weighted by atomic mass is 16.5. The highest BCUT2D eigenvalue weighted by Crippen LogP contribution is 2.17. The molecule has 1 fully saturated rings. The van der Waals surface area contributed by atoms with Gasteiger partial charge in [-0.05, 0) is 18.6 Å². The summed E-state index contributed by atoms with van der Waals surface area (Å²) in [5.74, 6) is 0.00548. The molecule has 4 rings (SSSR count). The fourth-order valence-corrected chi connectivity index (χ4v) is 4.28. The fourth-order valence-electron chi connectivity index (χ4n) is 4.28. The van der Waals surface area contributed by atoms with E-state index in [0.29, 0.717) is 17.6 Å². The standard InChI is InChI=1S/C25H30N4O3/c1-19(17-28-12-14-32-15-13-28)29(18-20-8-4-3-5-9-20)24(30)16-23-21-10-6-7-11-22(21)25(31)27(2)26-23/h3-11,19H,12-18H2,1-2H3. The molecular weight excluding hydrogens is 404 g/mol. The number of carbonyl (C=O) groups excluding carboxylic acids is 1. The monoisotopic (exact) mass is 434 g/mol. The summed E-state index contributed by atoms with van der Waals surface area (Å²) in [6, 6.07) is 17.4. The van der Waals surface area contributed by atoms with Crippen molar-refractivity contribution in [3.63, 3.8) is 0 Å². The molecule has 168 valence electrons. The van der Waals surface area contributed by atoms with Gasteiger partial charge in [-0.3, -0.25) is 14.5 Å². The number of carbonyl (C=O) groups is 1. The van der Waals surface area contributed by atoms with Gasteiger partial charge in [0.15, 0.2) is 0 Å². The number of nitrogens with zero attached hydrogens (tertiary/aromatic N) is 4. The highest BCUT2D eigenvalue weighted by Gasteiger charge is 2.25. The van der Waals surface area contributed by atoms with E-state index in [4.69, 9.17) is 4.74 Å². The first kappa shape index (κ1) is 22.2. The third-order valence-electron chi connectivity index (χ3n) is 6.03. The third-order valence-corrected chi connectivity index (χ3v) is 6.03. The van der Waals surface area contributed by atoms with Crippen LogP contribution in [0.3, 0.4) is 0 Å². The van der Waals surface area contributed by atoms with Gasteiger partial charge in [-0.1, -0.05) is 48.5 Å². The Morgan fingerprint density at radius 1 is 1.06 bits per heavy atom. The second-order valence-corrected chi connectivity index (χ2v) is 8.37. The fraction of sp³-hybridized carbons (Fsp3) is 0.400. The Labute approximate surface area is 188 Å². The molecule has 7 heteroatoms. The normalized spacial score (nSPS) is 15.6. The Morgan fingerprint density at radius 2 is 1.72 bits per heavy atom. The largest absolute Gasteiger partial charge is 0.379 e. The first-order valence-electron chi connectivity index (χ1n) is 11.1. The minimum atomic E-state index is -0.154. The molecule has 0 bridgehead atoms. The zero-order valence-electron chi connectivity index (χ0n) is 18.7. The molecule has 3 aromatic rings. The van der Waals surface area contributed by atoms with E-state index >= 15 is 0 Å². The van der Waals surface area contributed by atoms with Gasteiger partial charge in [0, 0.05) is 44.7 Å². The van der Waals surface area contributed by atoms with Gasteiger partial charge in [-0.25, -0.2) is 4.68 Å². The number of hydrogen-bond donors (Lipinski definition) is 0. The maximum absolute atomic E-state index is 13.6. The summed E-state index contributed by atoms with van der Waals surface area (Å²) in [4.78, 5) is 30.3. The van der Waals surface area contributed by atoms with Crippen LogP contribution in [0.15, 0.2) is 59.4 Å². The summed E-state index contributed by atoms with van der Waals surface area (Å²) in [6.07, 6.45) is 0.148. The number of aromatic nitrogens is 2. The van der Waals surface area contributed by atoms with Crippen LogP contribution in [0.25, 0.3) is 10.8 Å². The summed E-state index contributed by atoms with van der Waals surface area (Å²) < 4.78 is 6.79. The summed E-state index contributed by atoms with van der Waals surface area (Å²) in [7, 11) is 1.63. The van der Waals surface area contributed by atoms with Crippen LogP contribution in [-0.2, 0) is 29.5 Å². The van der Waals surface area contributed by atoms with Gasteiger partial charge in [-0.15, -0.1) is 0 Å². The number of fused-ring (bicyclic) bond motifs is 1. The lowest BCUT2D eigenvalue weighted by Gasteiger charge is -2.35. The molecule has 1 aliphatic heterocycles. The molecule has 32 heavy (non-hydrogen) atoms. The SMILES string of the molecule is CC(CN1CCOCC1)N(Cc1ccccc1)C(=O)Cc1nn(C)c(=O)c2ccccc12. The van der Waals surface area contributed by atoms with E-state index in [1.54, 1.807) is 13.1 Å². The van der Waals surface area contributed by atoms with Crippen LogP contribution in [0, 0.1) is 0 Å². The predicted molar refractivity (Wildman–Crippen MR) is 124 cm³/mol. The second kappa shape index (κ2) is 10.1. The number of hydrogen-bond acceptors (Lipinski definition) is 5. The summed E-state index contributed by atoms with van der Waals surface area (Å²) in [5.41, 5.74) is 1.57. The molecule has 1 unspecified atom stereocenters. The van der Waals surface area contributed by atoms with Crippen molar-refractivity contribution in [3.05, 3.63) is 76.2 Å². The second-order valence-electron chi connectivity index (χ2n) is 8.37. The minimum absolute atomic E-state index is 0.00548. The third kappa shape index (κ3) is 5.06. The number of amides is 1. The van der Waals surface area contributed by atoms with Crippen LogP contribution in [-0.4, -0.2) is 64.4 Å². The maximum Gasteiger partial charge on any atom is 0.274 e. The Hall–Kier alpha value is -3.03. The van der Waals surface area contributed by atoms with E-state index in [1.807, 2.05) is 53.4 Å². The van der Waals surface area contributed by atoms with Crippen LogP contribution in [0.2, 0.25) is 0 Å². The molecule has 7 nitrogen and oxygen atoms in total. The quantitative estimate of drug-likeness (QED) is 0.571. The molecule has 1 aromatic heterocycles. The highest BCUT2D eigenvalue weighted by molar-refractivity contribution is 5.88. The smallest absolute Gasteiger partial charge is 0.274 e. The lowest BCUT2D eigenvalue weighted by molar-refractivity contribution is -0.133. The first-order valence-corrected chi connectivity index (χ1v) is 11.1. The molecule has 2 aromatic carbocycles. The van der Waals surface area contributed by atoms with Crippen molar-refractivity contribution in [1.82, 2.24) is 19.6 Å². The molecule has 1 aliphatic rings. The van der Waals surface area contributed by atoms with E-state index in [-0.39, 0.29) is 23.9 Å². The Morgan fingerprint density at radius 3 is 2.44 bits per heavy atom. The van der Waals surface area contributed by atoms with E-state index in [1.165, 1.54) is 4.68 Å². The zero-order chi connectivity index (χ0) is 22.5. The van der Waals surface area contributed by atoms with E-state index in [9.17, 15) is 9.59 Å². The van der Waals surface area contributed by atoms with Crippen LogP contribution < -0.4 is 5.56 Å². The zero-order valence-corrected chi connectivity index (χ0v) is 18.7. The molecule has 2 heterocycles. The summed E-state index contributed by atoms with van der Waals surface area (Å²) in [6.45, 7) is 6.65. The van der Waals surface area contributed by atoms with Gasteiger partial charge < -0.3 is 9.64 Å². The molecular formula is C25H30N4O3. The molecule has 0 radical (unpaired) electrons. The molecule has 0 N–H and O–H groups in total. The lowest BCUT2D eigenvalue weighted by Crippen LogP contribution is -2.48. The minimum Gasteiger partial charge on any atom is -0.379 e. The predicted octanol–water partition coefficient (Wildman–Crippen LogP) is 2.23. The van der Waals surface area contributed by atoms with Gasteiger partial charge in [0.05, 0.1) is 30.7 Å².